The van der Waals surface area contributed by atoms with Gasteiger partial charge in [0.1, 0.15) is 10.8 Å². The molecule has 5 rings (SSSR count). The third kappa shape index (κ3) is 8.16. The number of nitrogens with zero attached hydrogens (tertiary/aromatic N) is 3. The molecule has 264 valence electrons. The Hall–Kier alpha value is -5.17. The van der Waals surface area contributed by atoms with Gasteiger partial charge in [-0.05, 0) is 54.3 Å². The maximum absolute atomic E-state index is 13.7. The standard InChI is InChI=1S/C32H33N5O10S3/c1-20-12-13-26(33-19-20)49(38,39)37-31-29(47-23-10-7-6-9-22(23)42-2)32(46-15-14-34-50(40,41)27-11-8-16-48-27)36-30(35-31)21-17-24(43-3)28(45-5)25(18-21)44-4/h6-13,16-19,34H,14-15H2,1-5H3,(H,35,36,37). The second-order valence-electron chi connectivity index (χ2n) is 10.2. The van der Waals surface area contributed by atoms with E-state index >= 15 is 0 Å². The minimum absolute atomic E-state index is 0.0413. The first-order chi connectivity index (χ1) is 24.0. The summed E-state index contributed by atoms with van der Waals surface area (Å²) in [6.07, 6.45) is 1.41. The molecule has 0 fully saturated rings. The summed E-state index contributed by atoms with van der Waals surface area (Å²) in [5.41, 5.74) is 1.07. The van der Waals surface area contributed by atoms with Crippen molar-refractivity contribution in [3.63, 3.8) is 0 Å². The van der Waals surface area contributed by atoms with Gasteiger partial charge in [0.25, 0.3) is 15.9 Å². The number of para-hydroxylation sites is 2. The van der Waals surface area contributed by atoms with E-state index in [0.717, 1.165) is 16.9 Å². The van der Waals surface area contributed by atoms with E-state index in [2.05, 4.69) is 24.4 Å². The van der Waals surface area contributed by atoms with Crippen LogP contribution in [0.25, 0.3) is 11.4 Å². The van der Waals surface area contributed by atoms with Crippen LogP contribution in [0.3, 0.4) is 0 Å². The molecular weight excluding hydrogens is 711 g/mol. The fourth-order valence-corrected chi connectivity index (χ4v) is 7.43. The van der Waals surface area contributed by atoms with E-state index in [1.165, 1.54) is 46.8 Å². The number of hydrogen-bond acceptors (Lipinski definition) is 14. The lowest BCUT2D eigenvalue weighted by atomic mass is 10.1. The number of methoxy groups -OCH3 is 4. The first kappa shape index (κ1) is 36.1. The molecule has 0 unspecified atom stereocenters. The second kappa shape index (κ2) is 15.6. The average molecular weight is 744 g/mol. The van der Waals surface area contributed by atoms with Crippen molar-refractivity contribution in [3.05, 3.63) is 77.8 Å². The van der Waals surface area contributed by atoms with Gasteiger partial charge in [0.05, 0.1) is 28.4 Å². The molecule has 3 aromatic heterocycles. The molecule has 0 aliphatic heterocycles. The summed E-state index contributed by atoms with van der Waals surface area (Å²) in [7, 11) is -2.41. The van der Waals surface area contributed by atoms with E-state index < -0.39 is 20.0 Å². The Balaban J connectivity index is 1.65. The van der Waals surface area contributed by atoms with Crippen LogP contribution in [0.4, 0.5) is 5.82 Å². The molecule has 18 heteroatoms. The van der Waals surface area contributed by atoms with Gasteiger partial charge < -0.3 is 28.4 Å². The summed E-state index contributed by atoms with van der Waals surface area (Å²) in [5.74, 6) is 0.484. The summed E-state index contributed by atoms with van der Waals surface area (Å²) in [6, 6.07) is 15.8. The predicted octanol–water partition coefficient (Wildman–Crippen LogP) is 4.89. The van der Waals surface area contributed by atoms with E-state index in [1.54, 1.807) is 60.8 Å². The highest BCUT2D eigenvalue weighted by Crippen LogP contribution is 2.44. The van der Waals surface area contributed by atoms with Crippen LogP contribution in [-0.2, 0) is 20.0 Å². The summed E-state index contributed by atoms with van der Waals surface area (Å²) in [5, 5.41) is 1.36. The van der Waals surface area contributed by atoms with Crippen LogP contribution < -0.4 is 37.9 Å². The number of pyridine rings is 1. The number of aromatic nitrogens is 3. The van der Waals surface area contributed by atoms with E-state index in [1.807, 2.05) is 0 Å². The van der Waals surface area contributed by atoms with Crippen molar-refractivity contribution >= 4 is 37.2 Å². The Bertz CT molecular complexity index is 2140. The molecule has 50 heavy (non-hydrogen) atoms. The Morgan fingerprint density at radius 1 is 0.760 bits per heavy atom. The lowest BCUT2D eigenvalue weighted by Crippen LogP contribution is -2.28. The number of ether oxygens (including phenoxy) is 6. The molecule has 0 aliphatic carbocycles. The maximum Gasteiger partial charge on any atom is 0.280 e. The van der Waals surface area contributed by atoms with Crippen LogP contribution in [0.1, 0.15) is 5.56 Å². The third-order valence-corrected chi connectivity index (χ3v) is 10.9. The van der Waals surface area contributed by atoms with Crippen molar-refractivity contribution in [1.29, 1.82) is 0 Å². The van der Waals surface area contributed by atoms with Crippen molar-refractivity contribution in [3.8, 4) is 51.8 Å². The molecule has 0 bridgehead atoms. The molecule has 0 saturated carbocycles. The number of nitrogens with one attached hydrogen (secondary N) is 2. The summed E-state index contributed by atoms with van der Waals surface area (Å²) >= 11 is 1.06. The van der Waals surface area contributed by atoms with Crippen LogP contribution in [-0.4, -0.2) is 73.4 Å². The first-order valence-corrected chi connectivity index (χ1v) is 18.5. The Morgan fingerprint density at radius 3 is 2.06 bits per heavy atom. The smallest absolute Gasteiger partial charge is 0.280 e. The number of benzene rings is 2. The summed E-state index contributed by atoms with van der Waals surface area (Å²) in [6.45, 7) is 1.35. The van der Waals surface area contributed by atoms with Gasteiger partial charge in [-0.2, -0.15) is 13.4 Å². The predicted molar refractivity (Wildman–Crippen MR) is 185 cm³/mol. The third-order valence-electron chi connectivity index (χ3n) is 6.82. The fraction of sp³-hybridized carbons (Fsp3) is 0.219. The highest BCUT2D eigenvalue weighted by molar-refractivity contribution is 7.92. The molecule has 0 radical (unpaired) electrons. The number of rotatable bonds is 16. The summed E-state index contributed by atoms with van der Waals surface area (Å²) in [4.78, 5) is 13.2. The molecule has 0 saturated heterocycles. The Morgan fingerprint density at radius 2 is 1.46 bits per heavy atom. The minimum Gasteiger partial charge on any atom is -0.493 e. The zero-order chi connectivity index (χ0) is 35.9. The van der Waals surface area contributed by atoms with E-state index in [9.17, 15) is 16.8 Å². The van der Waals surface area contributed by atoms with Crippen LogP contribution in [0, 0.1) is 6.92 Å². The zero-order valence-corrected chi connectivity index (χ0v) is 29.9. The molecule has 5 aromatic rings. The van der Waals surface area contributed by atoms with Gasteiger partial charge in [0.15, 0.2) is 39.7 Å². The molecule has 0 aliphatic rings. The van der Waals surface area contributed by atoms with Gasteiger partial charge in [0.2, 0.25) is 21.5 Å². The second-order valence-corrected chi connectivity index (χ2v) is 14.7. The van der Waals surface area contributed by atoms with Crippen LogP contribution in [0.15, 0.2) is 81.5 Å². The molecule has 15 nitrogen and oxygen atoms in total. The van der Waals surface area contributed by atoms with E-state index in [4.69, 9.17) is 28.4 Å². The van der Waals surface area contributed by atoms with Gasteiger partial charge >= 0.3 is 0 Å². The highest BCUT2D eigenvalue weighted by atomic mass is 32.2. The van der Waals surface area contributed by atoms with Crippen molar-refractivity contribution in [2.75, 3.05) is 46.3 Å². The van der Waals surface area contributed by atoms with Crippen molar-refractivity contribution in [1.82, 2.24) is 19.7 Å². The van der Waals surface area contributed by atoms with Gasteiger partial charge in [0, 0.05) is 18.3 Å². The zero-order valence-electron chi connectivity index (χ0n) is 27.5. The average Bonchev–Trinajstić information content (AvgIpc) is 3.67. The lowest BCUT2D eigenvalue weighted by Gasteiger charge is -2.19. The highest BCUT2D eigenvalue weighted by Gasteiger charge is 2.27. The molecule has 2 aromatic carbocycles. The number of anilines is 1. The maximum atomic E-state index is 13.7. The van der Waals surface area contributed by atoms with Crippen molar-refractivity contribution in [2.45, 2.75) is 16.2 Å². The topological polar surface area (TPSA) is 186 Å². The Labute approximate surface area is 293 Å². The number of hydrogen-bond donors (Lipinski definition) is 2. The number of sulfonamides is 2. The monoisotopic (exact) mass is 743 g/mol. The number of thiophene rings is 1. The van der Waals surface area contributed by atoms with E-state index in [0.29, 0.717) is 17.1 Å². The number of aryl methyl sites for hydroxylation is 1. The van der Waals surface area contributed by atoms with Crippen LogP contribution in [0.2, 0.25) is 0 Å². The molecule has 0 amide bonds. The van der Waals surface area contributed by atoms with Crippen LogP contribution >= 0.6 is 11.3 Å². The SMILES string of the molecule is COc1ccccc1Oc1c(NS(=O)(=O)c2ccc(C)cn2)nc(-c2cc(OC)c(OC)c(OC)c2)nc1OCCNS(=O)(=O)c1cccs1. The first-order valence-electron chi connectivity index (χ1n) is 14.6. The van der Waals surface area contributed by atoms with Crippen LogP contribution in [0.5, 0.6) is 40.4 Å². The van der Waals surface area contributed by atoms with Gasteiger partial charge in [-0.15, -0.1) is 11.3 Å². The minimum atomic E-state index is -4.36. The normalized spacial score (nSPS) is 11.5. The molecule has 0 atom stereocenters. The fourth-order valence-electron chi connectivity index (χ4n) is 4.45. The van der Waals surface area contributed by atoms with Gasteiger partial charge in [-0.3, -0.25) is 4.72 Å². The van der Waals surface area contributed by atoms with Gasteiger partial charge in [-0.1, -0.05) is 24.3 Å². The van der Waals surface area contributed by atoms with Crippen molar-refractivity contribution < 1.29 is 45.3 Å². The van der Waals surface area contributed by atoms with E-state index in [-0.39, 0.29) is 62.9 Å². The largest absolute Gasteiger partial charge is 0.493 e. The lowest BCUT2D eigenvalue weighted by molar-refractivity contribution is 0.292. The Kier molecular flexibility index (Phi) is 11.3. The molecule has 3 heterocycles. The molecule has 0 spiro atoms. The van der Waals surface area contributed by atoms with Crippen molar-refractivity contribution in [2.24, 2.45) is 0 Å². The van der Waals surface area contributed by atoms with Gasteiger partial charge in [-0.25, -0.2) is 23.1 Å². The quantitative estimate of drug-likeness (QED) is 0.130. The molecular formula is C32H33N5O10S3. The molecule has 2 N–H and O–H groups in total. The summed E-state index contributed by atoms with van der Waals surface area (Å²) < 4.78 is 92.0.